The van der Waals surface area contributed by atoms with E-state index in [-0.39, 0.29) is 24.0 Å². The molecule has 0 bridgehead atoms. The molecule has 5 N–H and O–H groups in total. The first-order valence-electron chi connectivity index (χ1n) is 27.7. The van der Waals surface area contributed by atoms with Crippen LogP contribution in [0, 0.1) is 5.92 Å². The summed E-state index contributed by atoms with van der Waals surface area (Å²) in [5.41, 5.74) is 7.94. The molecule has 0 spiro atoms. The van der Waals surface area contributed by atoms with E-state index in [1.165, 1.54) is 33.9 Å². The number of nitrogens with one attached hydrogen (secondary N) is 5. The van der Waals surface area contributed by atoms with Gasteiger partial charge in [0, 0.05) is 161 Å². The Balaban J connectivity index is 0.000000125. The maximum atomic E-state index is 11.8. The van der Waals surface area contributed by atoms with E-state index in [2.05, 4.69) is 70.4 Å². The van der Waals surface area contributed by atoms with Crippen LogP contribution in [-0.4, -0.2) is 180 Å². The summed E-state index contributed by atoms with van der Waals surface area (Å²) in [6.07, 6.45) is 19.9. The first-order chi connectivity index (χ1) is 40.2. The van der Waals surface area contributed by atoms with Crippen LogP contribution >= 0.6 is 46.4 Å². The summed E-state index contributed by atoms with van der Waals surface area (Å²) in [5, 5.41) is 35.0. The number of nitrogens with zero attached hydrogens (tertiary/aromatic N) is 11. The number of likely N-dealkylation sites (N-methyl/N-ethyl adjacent to an activating group) is 2. The monoisotopic (exact) mass is 1260 g/mol. The topological polar surface area (TPSA) is 257 Å². The molecule has 448 valence electrons. The maximum absolute atomic E-state index is 11.8. The molecule has 0 aliphatic carbocycles. The number of rotatable bonds is 10. The minimum atomic E-state index is -3.19. The van der Waals surface area contributed by atoms with Crippen molar-refractivity contribution in [3.8, 4) is 0 Å². The molecular formula is C56H68Cl4N16O6S2. The third-order valence-electron chi connectivity index (χ3n) is 16.4. The Hall–Kier alpha value is -6.38. The van der Waals surface area contributed by atoms with Gasteiger partial charge in [-0.3, -0.25) is 25.2 Å². The van der Waals surface area contributed by atoms with Crippen molar-refractivity contribution in [1.82, 2.24) is 59.4 Å². The van der Waals surface area contributed by atoms with E-state index < -0.39 is 20.0 Å². The predicted molar refractivity (Wildman–Crippen MR) is 335 cm³/mol. The lowest BCUT2D eigenvalue weighted by Crippen LogP contribution is -2.48. The molecule has 4 aliphatic heterocycles. The Labute approximate surface area is 507 Å². The van der Waals surface area contributed by atoms with E-state index in [9.17, 15) is 21.6 Å². The number of carbonyl (C=O) groups excluding carboxylic acids is 1. The second-order valence-electron chi connectivity index (χ2n) is 21.7. The molecule has 5 aromatic heterocycles. The molecule has 9 heterocycles. The summed E-state index contributed by atoms with van der Waals surface area (Å²) in [7, 11) is -1.63. The molecule has 28 heteroatoms. The van der Waals surface area contributed by atoms with E-state index in [0.29, 0.717) is 34.1 Å². The number of esters is 1. The zero-order valence-corrected chi connectivity index (χ0v) is 51.9. The van der Waals surface area contributed by atoms with Crippen LogP contribution in [-0.2, 0) is 29.6 Å². The molecule has 22 nitrogen and oxygen atoms in total. The average Bonchev–Trinajstić information content (AvgIpc) is 4.56. The fraction of sp³-hybridized carbons (Fsp3) is 0.429. The third kappa shape index (κ3) is 14.0. The van der Waals surface area contributed by atoms with Crippen molar-refractivity contribution in [2.24, 2.45) is 5.92 Å². The van der Waals surface area contributed by atoms with Crippen molar-refractivity contribution < 1.29 is 26.4 Å². The van der Waals surface area contributed by atoms with Gasteiger partial charge in [-0.25, -0.2) is 30.4 Å². The second-order valence-corrected chi connectivity index (χ2v) is 27.6. The lowest BCUT2D eigenvalue weighted by atomic mass is 9.95. The van der Waals surface area contributed by atoms with Crippen molar-refractivity contribution >= 4 is 139 Å². The Morgan fingerprint density at radius 2 is 0.905 bits per heavy atom. The van der Waals surface area contributed by atoms with Crippen LogP contribution < -0.4 is 19.6 Å². The van der Waals surface area contributed by atoms with Gasteiger partial charge >= 0.3 is 5.97 Å². The highest BCUT2D eigenvalue weighted by Crippen LogP contribution is 2.37. The van der Waals surface area contributed by atoms with E-state index in [4.69, 9.17) is 51.1 Å². The zero-order valence-electron chi connectivity index (χ0n) is 47.2. The van der Waals surface area contributed by atoms with E-state index in [0.717, 1.165) is 156 Å². The average molecular weight is 1270 g/mol. The van der Waals surface area contributed by atoms with Crippen LogP contribution in [0.4, 0.5) is 22.7 Å². The number of piperidine rings is 3. The lowest BCUT2D eigenvalue weighted by molar-refractivity contribution is -0.146. The van der Waals surface area contributed by atoms with Crippen LogP contribution in [0.2, 0.25) is 20.1 Å². The number of aromatic nitrogens is 10. The van der Waals surface area contributed by atoms with Crippen LogP contribution in [0.25, 0.3) is 43.6 Å². The van der Waals surface area contributed by atoms with Gasteiger partial charge in [0.2, 0.25) is 20.0 Å². The van der Waals surface area contributed by atoms with E-state index >= 15 is 0 Å². The molecule has 4 aromatic carbocycles. The summed E-state index contributed by atoms with van der Waals surface area (Å²) in [5.74, 6) is 1.53. The molecule has 0 radical (unpaired) electrons. The quantitative estimate of drug-likeness (QED) is 0.0799. The van der Waals surface area contributed by atoms with Gasteiger partial charge in [0.1, 0.15) is 5.82 Å². The summed E-state index contributed by atoms with van der Waals surface area (Å²) in [6.45, 7) is 6.65. The number of anilines is 4. The second kappa shape index (κ2) is 26.1. The Kier molecular flexibility index (Phi) is 18.9. The van der Waals surface area contributed by atoms with Crippen molar-refractivity contribution in [1.29, 1.82) is 0 Å². The number of aromatic amines is 5. The van der Waals surface area contributed by atoms with E-state index in [1.54, 1.807) is 26.5 Å². The van der Waals surface area contributed by atoms with Gasteiger partial charge in [0.25, 0.3) is 0 Å². The number of benzene rings is 4. The summed E-state index contributed by atoms with van der Waals surface area (Å²) in [6, 6.07) is 15.2. The number of methoxy groups -OCH3 is 1. The largest absolute Gasteiger partial charge is 0.469 e. The standard InChI is InChI=1S/C15H16ClN5.C14H19ClN4O2S.C14H16ClN3O2.C13H17ClN4O2S/c16-11-7-13-12(9-19-20-13)14(8-11)21-5-1-10(2-6-21)15-17-3-4-18-15;1-18(22(2,20)21)11-4-3-5-19(9-11)14-7-10(15)6-13-12(14)8-16-17-13;1-20-14(19)9-2-4-18(5-3-9)13-7-10(15)6-12-11(13)8-16-17-12;1-17(21(2,19)20)10-3-4-18(8-10)13-6-9(14)5-12-11(13)7-15-16-12/h3-4,7-10H,1-2,5-6H2,(H,17,18)(H,19,20);6-8,11H,3-5,9H2,1-2H3,(H,16,17);6-9H,2-5H2,1H3,(H,16,17);5-7,10H,3-4,8H2,1-2H3,(H,15,16). The van der Waals surface area contributed by atoms with Crippen molar-refractivity contribution in [3.05, 3.63) is 112 Å². The number of sulfonamides is 2. The molecule has 4 saturated heterocycles. The lowest BCUT2D eigenvalue weighted by Gasteiger charge is -2.38. The van der Waals surface area contributed by atoms with Gasteiger partial charge in [-0.1, -0.05) is 46.4 Å². The highest BCUT2D eigenvalue weighted by molar-refractivity contribution is 7.88. The van der Waals surface area contributed by atoms with Gasteiger partial charge in [0.15, 0.2) is 0 Å². The van der Waals surface area contributed by atoms with Crippen molar-refractivity contribution in [3.63, 3.8) is 0 Å². The number of imidazole rings is 1. The molecule has 0 saturated carbocycles. The zero-order chi connectivity index (χ0) is 59.5. The number of fused-ring (bicyclic) bond motifs is 4. The van der Waals surface area contributed by atoms with Crippen LogP contribution in [0.15, 0.2) is 85.7 Å². The molecule has 4 aliphatic rings. The molecule has 4 fully saturated rings. The Morgan fingerprint density at radius 3 is 1.29 bits per heavy atom. The normalized spacial score (nSPS) is 18.3. The molecule has 2 atom stereocenters. The first-order valence-corrected chi connectivity index (χ1v) is 32.9. The summed E-state index contributed by atoms with van der Waals surface area (Å²) >= 11 is 24.7. The Morgan fingerprint density at radius 1 is 0.536 bits per heavy atom. The van der Waals surface area contributed by atoms with Gasteiger partial charge in [-0.2, -0.15) is 20.4 Å². The number of hydrogen-bond donors (Lipinski definition) is 5. The SMILES string of the molecule is CN(C1CCCN(c2cc(Cl)cc3[nH]ncc23)C1)S(C)(=O)=O.CN(C1CCN(c2cc(Cl)cc3[nH]ncc23)C1)S(C)(=O)=O.COC(=O)C1CCN(c2cc(Cl)cc3[nH]ncc23)CC1.Clc1cc(N2CCC(c3ncc[nH]3)CC2)c2cn[nH]c2c1. The van der Waals surface area contributed by atoms with Gasteiger partial charge in [-0.05, 0) is 93.5 Å². The number of ether oxygens (including phenoxy) is 1. The number of carbonyl (C=O) groups is 1. The molecule has 2 unspecified atom stereocenters. The van der Waals surface area contributed by atoms with Crippen LogP contribution in [0.1, 0.15) is 56.7 Å². The summed E-state index contributed by atoms with van der Waals surface area (Å²) < 4.78 is 54.6. The molecule has 0 amide bonds. The third-order valence-corrected chi connectivity index (χ3v) is 20.0. The minimum absolute atomic E-state index is 0.00951. The summed E-state index contributed by atoms with van der Waals surface area (Å²) in [4.78, 5) is 28.2. The van der Waals surface area contributed by atoms with Gasteiger partial charge in [0.05, 0.1) is 72.4 Å². The fourth-order valence-electron chi connectivity index (χ4n) is 11.7. The highest BCUT2D eigenvalue weighted by Gasteiger charge is 2.33. The minimum Gasteiger partial charge on any atom is -0.469 e. The number of H-pyrrole nitrogens is 5. The molecular weight excluding hydrogens is 1200 g/mol. The predicted octanol–water partition coefficient (Wildman–Crippen LogP) is 9.69. The fourth-order valence-corrected chi connectivity index (χ4v) is 14.0. The van der Waals surface area contributed by atoms with E-state index in [1.807, 2.05) is 73.3 Å². The number of halogens is 4. The van der Waals surface area contributed by atoms with Crippen LogP contribution in [0.5, 0.6) is 0 Å². The molecule has 13 rings (SSSR count). The Bertz CT molecular complexity index is 3960. The van der Waals surface area contributed by atoms with Gasteiger partial charge < -0.3 is 29.3 Å². The molecule has 9 aromatic rings. The van der Waals surface area contributed by atoms with Crippen molar-refractivity contribution in [2.45, 2.75) is 62.9 Å². The maximum Gasteiger partial charge on any atom is 0.308 e. The van der Waals surface area contributed by atoms with Crippen molar-refractivity contribution in [2.75, 3.05) is 106 Å². The number of hydrogen-bond acceptors (Lipinski definition) is 15. The first kappa shape index (κ1) is 60.7. The van der Waals surface area contributed by atoms with Crippen LogP contribution in [0.3, 0.4) is 0 Å². The molecule has 84 heavy (non-hydrogen) atoms. The van der Waals surface area contributed by atoms with Gasteiger partial charge in [-0.15, -0.1) is 0 Å². The smallest absolute Gasteiger partial charge is 0.308 e. The highest BCUT2D eigenvalue weighted by atomic mass is 35.5.